The van der Waals surface area contributed by atoms with Crippen molar-refractivity contribution >= 4 is 52.0 Å². The van der Waals surface area contributed by atoms with Gasteiger partial charge in [-0.3, -0.25) is 19.5 Å². The number of halogens is 2. The number of rotatable bonds is 11. The van der Waals surface area contributed by atoms with Crippen molar-refractivity contribution < 1.29 is 19.4 Å². The normalized spacial score (nSPS) is 18.1. The summed E-state index contributed by atoms with van der Waals surface area (Å²) in [5, 5.41) is 19.9. The monoisotopic (exact) mass is 681 g/mol. The highest BCUT2D eigenvalue weighted by atomic mass is 35.5. The van der Waals surface area contributed by atoms with E-state index in [-0.39, 0.29) is 29.0 Å². The standard InChI is InChI=1S/C32H33Cl2N7O4S/c1-45-31-18(13-35-14-19-6-8-26(43)38-19)5-7-24(40-31)22-9-11-36-29(28(22)34)23-3-2-4-25(27(23)33)39-30(44)32-37-15-21(46-32)17-41-12-10-20(42)16-41/h2-5,7,9,11,15,19-20,35,42H,6,8,10,12-14,16-17H2,1H3,(H,38,43)(H,39,44)/t19-,20-/m1/s1. The van der Waals surface area contributed by atoms with Crippen molar-refractivity contribution in [3.63, 3.8) is 0 Å². The Morgan fingerprint density at radius 1 is 1.15 bits per heavy atom. The van der Waals surface area contributed by atoms with E-state index in [0.717, 1.165) is 29.8 Å². The van der Waals surface area contributed by atoms with E-state index in [9.17, 15) is 14.7 Å². The molecule has 2 aliphatic heterocycles. The molecule has 3 aromatic heterocycles. The fourth-order valence-electron chi connectivity index (χ4n) is 5.62. The number of thiazole rings is 1. The number of pyridine rings is 2. The number of benzene rings is 1. The van der Waals surface area contributed by atoms with Crippen LogP contribution in [0, 0.1) is 0 Å². The van der Waals surface area contributed by atoms with Crippen LogP contribution < -0.4 is 20.7 Å². The first-order valence-electron chi connectivity index (χ1n) is 14.9. The molecule has 2 saturated heterocycles. The molecule has 0 bridgehead atoms. The average molecular weight is 683 g/mol. The number of carbonyl (C=O) groups is 2. The van der Waals surface area contributed by atoms with Crippen LogP contribution in [0.5, 0.6) is 5.88 Å². The molecule has 0 saturated carbocycles. The van der Waals surface area contributed by atoms with Gasteiger partial charge in [0.2, 0.25) is 11.8 Å². The van der Waals surface area contributed by atoms with E-state index in [1.165, 1.54) is 11.3 Å². The van der Waals surface area contributed by atoms with E-state index in [1.807, 2.05) is 12.1 Å². The number of nitrogens with zero attached hydrogens (tertiary/aromatic N) is 4. The maximum atomic E-state index is 13.1. The van der Waals surface area contributed by atoms with E-state index in [2.05, 4.69) is 30.8 Å². The highest BCUT2D eigenvalue weighted by molar-refractivity contribution is 7.13. The Hall–Kier alpha value is -3.65. The summed E-state index contributed by atoms with van der Waals surface area (Å²) in [6.45, 7) is 3.26. The Labute approximate surface area is 280 Å². The Morgan fingerprint density at radius 2 is 2.02 bits per heavy atom. The molecule has 46 heavy (non-hydrogen) atoms. The number of aromatic nitrogens is 3. The summed E-state index contributed by atoms with van der Waals surface area (Å²) >= 11 is 15.1. The fraction of sp³-hybridized carbons (Fsp3) is 0.344. The zero-order valence-corrected chi connectivity index (χ0v) is 27.4. The van der Waals surface area contributed by atoms with Crippen molar-refractivity contribution in [2.75, 3.05) is 32.1 Å². The number of hydrogen-bond acceptors (Lipinski definition) is 10. The van der Waals surface area contributed by atoms with Crippen LogP contribution in [0.15, 0.2) is 48.8 Å². The zero-order chi connectivity index (χ0) is 32.2. The molecular weight excluding hydrogens is 649 g/mol. The second-order valence-corrected chi connectivity index (χ2v) is 13.1. The number of anilines is 1. The molecule has 11 nitrogen and oxygen atoms in total. The number of amides is 2. The van der Waals surface area contributed by atoms with Crippen molar-refractivity contribution in [2.24, 2.45) is 0 Å². The second kappa shape index (κ2) is 14.4. The van der Waals surface area contributed by atoms with Gasteiger partial charge in [-0.25, -0.2) is 9.97 Å². The van der Waals surface area contributed by atoms with Gasteiger partial charge in [-0.2, -0.15) is 0 Å². The fourth-order valence-corrected chi connectivity index (χ4v) is 7.04. The van der Waals surface area contributed by atoms with Gasteiger partial charge >= 0.3 is 0 Å². The van der Waals surface area contributed by atoms with Gasteiger partial charge in [-0.1, -0.05) is 41.4 Å². The first-order chi connectivity index (χ1) is 22.3. The topological polar surface area (TPSA) is 142 Å². The quantitative estimate of drug-likeness (QED) is 0.176. The first-order valence-corrected chi connectivity index (χ1v) is 16.5. The van der Waals surface area contributed by atoms with E-state index >= 15 is 0 Å². The van der Waals surface area contributed by atoms with Gasteiger partial charge in [0.05, 0.1) is 40.3 Å². The number of aliphatic hydroxyl groups is 1. The summed E-state index contributed by atoms with van der Waals surface area (Å²) in [7, 11) is 1.57. The molecule has 4 aromatic rings. The Kier molecular flexibility index (Phi) is 10.1. The lowest BCUT2D eigenvalue weighted by Crippen LogP contribution is -2.35. The molecule has 1 aromatic carbocycles. The predicted octanol–water partition coefficient (Wildman–Crippen LogP) is 4.77. The third-order valence-electron chi connectivity index (χ3n) is 7.97. The molecule has 2 atom stereocenters. The lowest BCUT2D eigenvalue weighted by atomic mass is 10.1. The number of nitrogens with one attached hydrogen (secondary N) is 3. The zero-order valence-electron chi connectivity index (χ0n) is 25.1. The molecule has 0 unspecified atom stereocenters. The molecule has 240 valence electrons. The smallest absolute Gasteiger partial charge is 0.284 e. The van der Waals surface area contributed by atoms with Crippen LogP contribution >= 0.6 is 34.5 Å². The van der Waals surface area contributed by atoms with Crippen molar-refractivity contribution in [1.29, 1.82) is 0 Å². The van der Waals surface area contributed by atoms with E-state index in [4.69, 9.17) is 32.9 Å². The van der Waals surface area contributed by atoms with Crippen LogP contribution in [0.25, 0.3) is 22.5 Å². The number of methoxy groups -OCH3 is 1. The third-order valence-corrected chi connectivity index (χ3v) is 9.74. The molecule has 14 heteroatoms. The number of aliphatic hydroxyl groups excluding tert-OH is 1. The summed E-state index contributed by atoms with van der Waals surface area (Å²) in [6.07, 6.45) is 5.16. The third kappa shape index (κ3) is 7.33. The van der Waals surface area contributed by atoms with Crippen LogP contribution in [-0.4, -0.2) is 75.7 Å². The Balaban J connectivity index is 1.17. The van der Waals surface area contributed by atoms with Gasteiger partial charge in [0.15, 0.2) is 5.01 Å². The maximum Gasteiger partial charge on any atom is 0.284 e. The van der Waals surface area contributed by atoms with E-state index in [0.29, 0.717) is 76.7 Å². The van der Waals surface area contributed by atoms with Crippen LogP contribution in [0.4, 0.5) is 5.69 Å². The largest absolute Gasteiger partial charge is 0.481 e. The van der Waals surface area contributed by atoms with Crippen molar-refractivity contribution in [1.82, 2.24) is 30.5 Å². The van der Waals surface area contributed by atoms with Crippen molar-refractivity contribution in [3.05, 3.63) is 74.3 Å². The maximum absolute atomic E-state index is 13.1. The van der Waals surface area contributed by atoms with Crippen LogP contribution in [-0.2, 0) is 17.9 Å². The Bertz CT molecular complexity index is 1750. The summed E-state index contributed by atoms with van der Waals surface area (Å²) < 4.78 is 5.59. The molecule has 2 fully saturated rings. The van der Waals surface area contributed by atoms with Gasteiger partial charge < -0.3 is 25.8 Å². The lowest BCUT2D eigenvalue weighted by Gasteiger charge is -2.15. The molecule has 2 aliphatic rings. The summed E-state index contributed by atoms with van der Waals surface area (Å²) in [5.74, 6) is 0.173. The highest BCUT2D eigenvalue weighted by Crippen LogP contribution is 2.40. The molecule has 5 heterocycles. The number of β-amino-alcohol motifs (C(OH)–C–C–N with tert-alkyl or cyclic N) is 1. The summed E-state index contributed by atoms with van der Waals surface area (Å²) in [5.41, 5.74) is 3.50. The second-order valence-electron chi connectivity index (χ2n) is 11.3. The highest BCUT2D eigenvalue weighted by Gasteiger charge is 2.23. The minimum atomic E-state index is -0.372. The molecular formula is C32H33Cl2N7O4S. The van der Waals surface area contributed by atoms with E-state index in [1.54, 1.807) is 43.8 Å². The minimum absolute atomic E-state index is 0.0857. The van der Waals surface area contributed by atoms with Crippen LogP contribution in [0.3, 0.4) is 0 Å². The first kappa shape index (κ1) is 32.3. The van der Waals surface area contributed by atoms with Crippen LogP contribution in [0.2, 0.25) is 10.0 Å². The minimum Gasteiger partial charge on any atom is -0.481 e. The number of ether oxygens (including phenoxy) is 1. The Morgan fingerprint density at radius 3 is 2.78 bits per heavy atom. The van der Waals surface area contributed by atoms with E-state index < -0.39 is 0 Å². The van der Waals surface area contributed by atoms with Crippen molar-refractivity contribution in [3.8, 4) is 28.4 Å². The predicted molar refractivity (Wildman–Crippen MR) is 178 cm³/mol. The van der Waals surface area contributed by atoms with Gasteiger partial charge in [0.1, 0.15) is 0 Å². The average Bonchev–Trinajstić information content (AvgIpc) is 3.80. The van der Waals surface area contributed by atoms with Crippen LogP contribution in [0.1, 0.15) is 39.5 Å². The molecule has 6 rings (SSSR count). The summed E-state index contributed by atoms with van der Waals surface area (Å²) in [6, 6.07) is 11.0. The molecule has 0 radical (unpaired) electrons. The number of hydrogen-bond donors (Lipinski definition) is 4. The SMILES string of the molecule is COc1nc(-c2ccnc(-c3cccc(NC(=O)c4ncc(CN5CC[C@@H](O)C5)s4)c3Cl)c2Cl)ccc1CNC[C@H]1CCC(=O)N1. The summed E-state index contributed by atoms with van der Waals surface area (Å²) in [4.78, 5) is 41.2. The molecule has 0 spiro atoms. The van der Waals surface area contributed by atoms with Gasteiger partial charge in [0, 0.05) is 79.1 Å². The molecule has 0 aliphatic carbocycles. The molecule has 2 amide bonds. The van der Waals surface area contributed by atoms with Gasteiger partial charge in [-0.05, 0) is 31.0 Å². The van der Waals surface area contributed by atoms with Crippen molar-refractivity contribution in [2.45, 2.75) is 44.5 Å². The van der Waals surface area contributed by atoms with Gasteiger partial charge in [-0.15, -0.1) is 11.3 Å². The molecule has 4 N–H and O–H groups in total. The van der Waals surface area contributed by atoms with Gasteiger partial charge in [0.25, 0.3) is 5.91 Å². The lowest BCUT2D eigenvalue weighted by molar-refractivity contribution is -0.119. The number of likely N-dealkylation sites (tertiary alicyclic amines) is 1. The number of carbonyl (C=O) groups excluding carboxylic acids is 2.